The second-order valence-electron chi connectivity index (χ2n) is 6.98. The monoisotopic (exact) mass is 268 g/mol. The molecule has 1 aliphatic carbocycles. The van der Waals surface area contributed by atoms with E-state index < -0.39 is 0 Å². The van der Waals surface area contributed by atoms with Crippen molar-refractivity contribution in [1.29, 1.82) is 0 Å². The lowest BCUT2D eigenvalue weighted by molar-refractivity contribution is -0.136. The number of hydrogen-bond acceptors (Lipinski definition) is 2. The average Bonchev–Trinajstić information content (AvgIpc) is 2.36. The zero-order valence-electron chi connectivity index (χ0n) is 13.2. The van der Waals surface area contributed by atoms with Crippen LogP contribution in [0, 0.1) is 11.3 Å². The number of carbonyl (C=O) groups excluding carboxylic acids is 1. The van der Waals surface area contributed by atoms with Gasteiger partial charge < -0.3 is 10.6 Å². The van der Waals surface area contributed by atoms with E-state index in [2.05, 4.69) is 27.7 Å². The van der Waals surface area contributed by atoms with Gasteiger partial charge in [0.2, 0.25) is 5.91 Å². The SMILES string of the molecule is CC(C)CN(C(=O)CC1(CN)CCCCC1)C(C)C. The van der Waals surface area contributed by atoms with Gasteiger partial charge in [0, 0.05) is 19.0 Å². The first kappa shape index (κ1) is 16.5. The summed E-state index contributed by atoms with van der Waals surface area (Å²) in [5, 5.41) is 0. The van der Waals surface area contributed by atoms with E-state index in [-0.39, 0.29) is 11.5 Å². The van der Waals surface area contributed by atoms with Gasteiger partial charge in [0.05, 0.1) is 0 Å². The van der Waals surface area contributed by atoms with Gasteiger partial charge in [-0.2, -0.15) is 0 Å². The summed E-state index contributed by atoms with van der Waals surface area (Å²) >= 11 is 0. The Bertz CT molecular complexity index is 280. The lowest BCUT2D eigenvalue weighted by atomic mass is 9.71. The molecule has 0 heterocycles. The van der Waals surface area contributed by atoms with Crippen LogP contribution in [0.5, 0.6) is 0 Å². The maximum Gasteiger partial charge on any atom is 0.223 e. The van der Waals surface area contributed by atoms with Crippen molar-refractivity contribution in [2.45, 2.75) is 72.3 Å². The Labute approximate surface area is 118 Å². The number of rotatable bonds is 6. The molecule has 3 heteroatoms. The van der Waals surface area contributed by atoms with Gasteiger partial charge in [0.15, 0.2) is 0 Å². The minimum absolute atomic E-state index is 0.0828. The van der Waals surface area contributed by atoms with Crippen LogP contribution in [0.2, 0.25) is 0 Å². The molecule has 19 heavy (non-hydrogen) atoms. The van der Waals surface area contributed by atoms with Gasteiger partial charge in [-0.15, -0.1) is 0 Å². The summed E-state index contributed by atoms with van der Waals surface area (Å²) in [6.45, 7) is 10.1. The molecule has 112 valence electrons. The minimum Gasteiger partial charge on any atom is -0.340 e. The molecule has 0 aromatic carbocycles. The Morgan fingerprint density at radius 3 is 2.16 bits per heavy atom. The van der Waals surface area contributed by atoms with Crippen molar-refractivity contribution < 1.29 is 4.79 Å². The average molecular weight is 268 g/mol. The van der Waals surface area contributed by atoms with E-state index in [0.29, 0.717) is 24.8 Å². The predicted molar refractivity (Wildman–Crippen MR) is 80.9 cm³/mol. The van der Waals surface area contributed by atoms with Crippen molar-refractivity contribution in [2.75, 3.05) is 13.1 Å². The molecule has 2 N–H and O–H groups in total. The highest BCUT2D eigenvalue weighted by Gasteiger charge is 2.34. The molecule has 0 aromatic heterocycles. The lowest BCUT2D eigenvalue weighted by Crippen LogP contribution is -2.44. The normalized spacial score (nSPS) is 18.9. The van der Waals surface area contributed by atoms with Crippen LogP contribution in [-0.4, -0.2) is 29.9 Å². The van der Waals surface area contributed by atoms with Gasteiger partial charge in [0.25, 0.3) is 0 Å². The standard InChI is InChI=1S/C16H32N2O/c1-13(2)11-18(14(3)4)15(19)10-16(12-17)8-6-5-7-9-16/h13-14H,5-12,17H2,1-4H3. The van der Waals surface area contributed by atoms with Gasteiger partial charge in [-0.1, -0.05) is 33.1 Å². The topological polar surface area (TPSA) is 46.3 Å². The molecular formula is C16H32N2O. The fourth-order valence-corrected chi connectivity index (χ4v) is 3.17. The molecule has 0 aliphatic heterocycles. The van der Waals surface area contributed by atoms with Crippen molar-refractivity contribution in [2.24, 2.45) is 17.1 Å². The van der Waals surface area contributed by atoms with Crippen LogP contribution in [0.4, 0.5) is 0 Å². The summed E-state index contributed by atoms with van der Waals surface area (Å²) in [4.78, 5) is 14.7. The van der Waals surface area contributed by atoms with Crippen molar-refractivity contribution in [3.05, 3.63) is 0 Å². The number of carbonyl (C=O) groups is 1. The summed E-state index contributed by atoms with van der Waals surface area (Å²) < 4.78 is 0. The van der Waals surface area contributed by atoms with E-state index in [0.717, 1.165) is 19.4 Å². The van der Waals surface area contributed by atoms with Crippen molar-refractivity contribution in [3.63, 3.8) is 0 Å². The van der Waals surface area contributed by atoms with Crippen LogP contribution in [0.15, 0.2) is 0 Å². The van der Waals surface area contributed by atoms with Crippen LogP contribution in [0.3, 0.4) is 0 Å². The molecule has 0 saturated heterocycles. The third-order valence-electron chi connectivity index (χ3n) is 4.38. The van der Waals surface area contributed by atoms with Crippen LogP contribution in [-0.2, 0) is 4.79 Å². The molecule has 0 atom stereocenters. The third-order valence-corrected chi connectivity index (χ3v) is 4.38. The first-order valence-electron chi connectivity index (χ1n) is 7.90. The molecule has 0 spiro atoms. The van der Waals surface area contributed by atoms with Crippen molar-refractivity contribution in [1.82, 2.24) is 4.90 Å². The molecule has 1 saturated carbocycles. The number of amides is 1. The molecule has 1 fully saturated rings. The molecule has 3 nitrogen and oxygen atoms in total. The summed E-state index contributed by atoms with van der Waals surface area (Å²) in [5.41, 5.74) is 6.08. The Morgan fingerprint density at radius 2 is 1.74 bits per heavy atom. The zero-order valence-corrected chi connectivity index (χ0v) is 13.2. The van der Waals surface area contributed by atoms with Crippen LogP contribution in [0.1, 0.15) is 66.2 Å². The second kappa shape index (κ2) is 7.28. The maximum absolute atomic E-state index is 12.6. The molecule has 0 aromatic rings. The highest BCUT2D eigenvalue weighted by molar-refractivity contribution is 5.77. The molecule has 1 rings (SSSR count). The van der Waals surface area contributed by atoms with Crippen LogP contribution < -0.4 is 5.73 Å². The molecule has 1 aliphatic rings. The fourth-order valence-electron chi connectivity index (χ4n) is 3.17. The van der Waals surface area contributed by atoms with E-state index >= 15 is 0 Å². The fraction of sp³-hybridized carbons (Fsp3) is 0.938. The maximum atomic E-state index is 12.6. The Balaban J connectivity index is 2.68. The summed E-state index contributed by atoms with van der Waals surface area (Å²) in [5.74, 6) is 0.822. The van der Waals surface area contributed by atoms with E-state index in [1.807, 2.05) is 4.90 Å². The number of nitrogens with two attached hydrogens (primary N) is 1. The van der Waals surface area contributed by atoms with Gasteiger partial charge in [-0.25, -0.2) is 0 Å². The Kier molecular flexibility index (Phi) is 6.31. The van der Waals surface area contributed by atoms with Gasteiger partial charge in [0.1, 0.15) is 0 Å². The molecule has 0 unspecified atom stereocenters. The highest BCUT2D eigenvalue weighted by atomic mass is 16.2. The van der Waals surface area contributed by atoms with Gasteiger partial charge in [-0.3, -0.25) is 4.79 Å². The molecule has 0 bridgehead atoms. The smallest absolute Gasteiger partial charge is 0.223 e. The van der Waals surface area contributed by atoms with E-state index in [1.54, 1.807) is 0 Å². The number of hydrogen-bond donors (Lipinski definition) is 1. The molecule has 1 amide bonds. The Hall–Kier alpha value is -0.570. The first-order valence-corrected chi connectivity index (χ1v) is 7.90. The van der Waals surface area contributed by atoms with E-state index in [1.165, 1.54) is 19.3 Å². The van der Waals surface area contributed by atoms with Crippen molar-refractivity contribution >= 4 is 5.91 Å². The second-order valence-corrected chi connectivity index (χ2v) is 6.98. The van der Waals surface area contributed by atoms with Crippen molar-refractivity contribution in [3.8, 4) is 0 Å². The summed E-state index contributed by atoms with van der Waals surface area (Å²) in [7, 11) is 0. The lowest BCUT2D eigenvalue weighted by Gasteiger charge is -2.38. The molecule has 0 radical (unpaired) electrons. The largest absolute Gasteiger partial charge is 0.340 e. The van der Waals surface area contributed by atoms with E-state index in [4.69, 9.17) is 5.73 Å². The highest BCUT2D eigenvalue weighted by Crippen LogP contribution is 2.38. The Morgan fingerprint density at radius 1 is 1.16 bits per heavy atom. The molecular weight excluding hydrogens is 236 g/mol. The predicted octanol–water partition coefficient (Wildman–Crippen LogP) is 3.18. The van der Waals surface area contributed by atoms with Crippen LogP contribution in [0.25, 0.3) is 0 Å². The first-order chi connectivity index (χ1) is 8.90. The third kappa shape index (κ3) is 4.79. The van der Waals surface area contributed by atoms with Gasteiger partial charge >= 0.3 is 0 Å². The van der Waals surface area contributed by atoms with E-state index in [9.17, 15) is 4.79 Å². The van der Waals surface area contributed by atoms with Gasteiger partial charge in [-0.05, 0) is 44.6 Å². The quantitative estimate of drug-likeness (QED) is 0.804. The minimum atomic E-state index is 0.0828. The number of nitrogens with zero attached hydrogens (tertiary/aromatic N) is 1. The van der Waals surface area contributed by atoms with Crippen LogP contribution >= 0.6 is 0 Å². The zero-order chi connectivity index (χ0) is 14.5. The summed E-state index contributed by atoms with van der Waals surface area (Å²) in [6.07, 6.45) is 6.67. The summed E-state index contributed by atoms with van der Waals surface area (Å²) in [6, 6.07) is 0.285.